The molecule has 26 heavy (non-hydrogen) atoms. The molecule has 1 amide bonds. The summed E-state index contributed by atoms with van der Waals surface area (Å²) in [5.41, 5.74) is 0.441. The highest BCUT2D eigenvalue weighted by Gasteiger charge is 2.37. The Balaban J connectivity index is 1.57. The Morgan fingerprint density at radius 3 is 2.54 bits per heavy atom. The van der Waals surface area contributed by atoms with Gasteiger partial charge in [0.25, 0.3) is 0 Å². The number of nitrogens with zero attached hydrogens (tertiary/aromatic N) is 1. The molecule has 1 saturated heterocycles. The second-order valence-electron chi connectivity index (χ2n) is 7.83. The fourth-order valence-electron chi connectivity index (χ4n) is 3.38. The smallest absolute Gasteiger partial charge is 0.410 e. The third-order valence-corrected chi connectivity index (χ3v) is 5.42. The topological polar surface area (TPSA) is 55.8 Å². The van der Waals surface area contributed by atoms with E-state index in [0.717, 1.165) is 10.0 Å². The van der Waals surface area contributed by atoms with Gasteiger partial charge in [0.1, 0.15) is 11.4 Å². The minimum absolute atomic E-state index is 0.0951. The molecular formula is C19H23BrClNO4. The summed E-state index contributed by atoms with van der Waals surface area (Å²) in [6, 6.07) is 3.62. The Morgan fingerprint density at radius 1 is 1.27 bits per heavy atom. The van der Waals surface area contributed by atoms with E-state index in [4.69, 9.17) is 21.1 Å². The number of carbonyl (C=O) groups is 2. The van der Waals surface area contributed by atoms with Crippen molar-refractivity contribution in [3.05, 3.63) is 27.2 Å². The van der Waals surface area contributed by atoms with Crippen LogP contribution < -0.4 is 4.74 Å². The van der Waals surface area contributed by atoms with Gasteiger partial charge in [-0.3, -0.25) is 4.79 Å². The van der Waals surface area contributed by atoms with Gasteiger partial charge in [-0.1, -0.05) is 11.6 Å². The molecule has 1 aromatic carbocycles. The van der Waals surface area contributed by atoms with E-state index in [2.05, 4.69) is 15.9 Å². The van der Waals surface area contributed by atoms with Gasteiger partial charge in [0.2, 0.25) is 0 Å². The average Bonchev–Trinajstić information content (AvgIpc) is 2.97. The Labute approximate surface area is 167 Å². The summed E-state index contributed by atoms with van der Waals surface area (Å²) in [6.45, 7) is 6.60. The van der Waals surface area contributed by atoms with Crippen molar-refractivity contribution in [3.63, 3.8) is 0 Å². The van der Waals surface area contributed by atoms with Crippen LogP contribution in [0.1, 0.15) is 39.2 Å². The SMILES string of the molecule is CC(C)(C)OC(=O)N1CCC(C(=O)C2Cc3cc(Cl)cc(Br)c3O2)CC1. The first-order valence-corrected chi connectivity index (χ1v) is 9.97. The first-order chi connectivity index (χ1) is 12.1. The Kier molecular flexibility index (Phi) is 5.54. The van der Waals surface area contributed by atoms with Crippen molar-refractivity contribution < 1.29 is 19.1 Å². The number of benzene rings is 1. The van der Waals surface area contributed by atoms with Gasteiger partial charge in [0.15, 0.2) is 11.9 Å². The number of hydrogen-bond donors (Lipinski definition) is 0. The van der Waals surface area contributed by atoms with Gasteiger partial charge in [-0.2, -0.15) is 0 Å². The molecule has 7 heteroatoms. The lowest BCUT2D eigenvalue weighted by Crippen LogP contribution is -2.44. The lowest BCUT2D eigenvalue weighted by atomic mass is 9.89. The number of carbonyl (C=O) groups excluding carboxylic acids is 2. The maximum Gasteiger partial charge on any atom is 0.410 e. The van der Waals surface area contributed by atoms with Crippen LogP contribution in [0.5, 0.6) is 5.75 Å². The molecule has 5 nitrogen and oxygen atoms in total. The Morgan fingerprint density at radius 2 is 1.92 bits per heavy atom. The Hall–Kier alpha value is -1.27. The molecule has 0 bridgehead atoms. The van der Waals surface area contributed by atoms with Crippen LogP contribution in [0.4, 0.5) is 4.79 Å². The zero-order valence-corrected chi connectivity index (χ0v) is 17.5. The third-order valence-electron chi connectivity index (χ3n) is 4.62. The predicted molar refractivity (Wildman–Crippen MR) is 103 cm³/mol. The molecule has 2 heterocycles. The quantitative estimate of drug-likeness (QED) is 0.668. The summed E-state index contributed by atoms with van der Waals surface area (Å²) >= 11 is 9.52. The fourth-order valence-corrected chi connectivity index (χ4v) is 4.34. The molecule has 0 N–H and O–H groups in total. The monoisotopic (exact) mass is 443 g/mol. The number of ether oxygens (including phenoxy) is 2. The number of Topliss-reactive ketones (excluding diaryl/α,β-unsaturated/α-hetero) is 1. The van der Waals surface area contributed by atoms with Gasteiger partial charge in [-0.25, -0.2) is 4.79 Å². The largest absolute Gasteiger partial charge is 0.481 e. The van der Waals surface area contributed by atoms with Crippen molar-refractivity contribution in [3.8, 4) is 5.75 Å². The molecule has 1 unspecified atom stereocenters. The fraction of sp³-hybridized carbons (Fsp3) is 0.579. The van der Waals surface area contributed by atoms with Gasteiger partial charge >= 0.3 is 6.09 Å². The highest BCUT2D eigenvalue weighted by Crippen LogP contribution is 2.39. The summed E-state index contributed by atoms with van der Waals surface area (Å²) < 4.78 is 12.1. The molecule has 0 spiro atoms. The molecule has 1 atom stereocenters. The number of hydrogen-bond acceptors (Lipinski definition) is 4. The van der Waals surface area contributed by atoms with E-state index in [1.807, 2.05) is 26.8 Å². The molecule has 3 rings (SSSR count). The van der Waals surface area contributed by atoms with E-state index in [1.165, 1.54) is 0 Å². The standard InChI is InChI=1S/C19H23BrClNO4/c1-19(2,3)26-18(24)22-6-4-11(5-7-22)16(23)15-9-12-8-13(21)10-14(20)17(12)25-15/h8,10-11,15H,4-7,9H2,1-3H3. The lowest BCUT2D eigenvalue weighted by Gasteiger charge is -2.33. The molecule has 1 aromatic rings. The Bertz CT molecular complexity index is 723. The average molecular weight is 445 g/mol. The number of rotatable bonds is 2. The second kappa shape index (κ2) is 7.39. The zero-order valence-electron chi connectivity index (χ0n) is 15.2. The summed E-state index contributed by atoms with van der Waals surface area (Å²) in [6.07, 6.45) is 1.02. The number of halogens is 2. The van der Waals surface area contributed by atoms with Crippen molar-refractivity contribution in [1.29, 1.82) is 0 Å². The molecule has 1 fully saturated rings. The molecule has 0 aliphatic carbocycles. The number of fused-ring (bicyclic) bond motifs is 1. The van der Waals surface area contributed by atoms with Gasteiger partial charge in [0, 0.05) is 36.0 Å². The van der Waals surface area contributed by atoms with E-state index in [0.29, 0.717) is 43.1 Å². The van der Waals surface area contributed by atoms with Crippen LogP contribution >= 0.6 is 27.5 Å². The van der Waals surface area contributed by atoms with E-state index >= 15 is 0 Å². The number of piperidine rings is 1. The van der Waals surface area contributed by atoms with Crippen molar-refractivity contribution in [1.82, 2.24) is 4.90 Å². The summed E-state index contributed by atoms with van der Waals surface area (Å²) in [7, 11) is 0. The second-order valence-corrected chi connectivity index (χ2v) is 9.12. The molecule has 0 aromatic heterocycles. The maximum absolute atomic E-state index is 12.9. The summed E-state index contributed by atoms with van der Waals surface area (Å²) in [4.78, 5) is 26.7. The van der Waals surface area contributed by atoms with E-state index in [-0.39, 0.29) is 17.8 Å². The van der Waals surface area contributed by atoms with Gasteiger partial charge < -0.3 is 14.4 Å². The molecule has 0 saturated carbocycles. The maximum atomic E-state index is 12.9. The van der Waals surface area contributed by atoms with Crippen molar-refractivity contribution in [2.45, 2.75) is 51.7 Å². The summed E-state index contributed by atoms with van der Waals surface area (Å²) in [5, 5.41) is 0.623. The molecule has 142 valence electrons. The highest BCUT2D eigenvalue weighted by atomic mass is 79.9. The normalized spacial score (nSPS) is 20.5. The van der Waals surface area contributed by atoms with Crippen LogP contribution in [-0.2, 0) is 16.0 Å². The minimum Gasteiger partial charge on any atom is -0.481 e. The molecular weight excluding hydrogens is 422 g/mol. The van der Waals surface area contributed by atoms with Crippen molar-refractivity contribution >= 4 is 39.4 Å². The first kappa shape index (κ1) is 19.5. The predicted octanol–water partition coefficient (Wildman–Crippen LogP) is 4.62. The first-order valence-electron chi connectivity index (χ1n) is 8.80. The third kappa shape index (κ3) is 4.34. The van der Waals surface area contributed by atoms with Crippen molar-refractivity contribution in [2.24, 2.45) is 5.92 Å². The minimum atomic E-state index is -0.512. The van der Waals surface area contributed by atoms with Crippen LogP contribution in [0.25, 0.3) is 0 Å². The molecule has 0 radical (unpaired) electrons. The number of amides is 1. The highest BCUT2D eigenvalue weighted by molar-refractivity contribution is 9.10. The van der Waals surface area contributed by atoms with E-state index in [1.54, 1.807) is 11.0 Å². The lowest BCUT2D eigenvalue weighted by molar-refractivity contribution is -0.130. The van der Waals surface area contributed by atoms with Crippen molar-refractivity contribution in [2.75, 3.05) is 13.1 Å². The van der Waals surface area contributed by atoms with Gasteiger partial charge in [-0.05, 0) is 61.7 Å². The van der Waals surface area contributed by atoms with E-state index < -0.39 is 11.7 Å². The number of likely N-dealkylation sites (tertiary alicyclic amines) is 1. The van der Waals surface area contributed by atoms with Crippen LogP contribution in [-0.4, -0.2) is 41.6 Å². The van der Waals surface area contributed by atoms with Crippen LogP contribution in [0.3, 0.4) is 0 Å². The van der Waals surface area contributed by atoms with Crippen LogP contribution in [0, 0.1) is 5.92 Å². The van der Waals surface area contributed by atoms with Gasteiger partial charge in [0.05, 0.1) is 4.47 Å². The number of ketones is 1. The zero-order chi connectivity index (χ0) is 19.1. The van der Waals surface area contributed by atoms with Crippen LogP contribution in [0.2, 0.25) is 5.02 Å². The molecule has 2 aliphatic rings. The molecule has 2 aliphatic heterocycles. The van der Waals surface area contributed by atoms with Gasteiger partial charge in [-0.15, -0.1) is 0 Å². The van der Waals surface area contributed by atoms with E-state index in [9.17, 15) is 9.59 Å². The van der Waals surface area contributed by atoms with Crippen LogP contribution in [0.15, 0.2) is 16.6 Å². The summed E-state index contributed by atoms with van der Waals surface area (Å²) in [5.74, 6) is 0.717.